The van der Waals surface area contributed by atoms with Crippen molar-refractivity contribution in [1.82, 2.24) is 4.90 Å². The minimum absolute atomic E-state index is 0.0511. The van der Waals surface area contributed by atoms with Crippen LogP contribution in [-0.2, 0) is 21.5 Å². The Bertz CT molecular complexity index is 642. The van der Waals surface area contributed by atoms with Crippen molar-refractivity contribution in [3.8, 4) is 0 Å². The van der Waals surface area contributed by atoms with Crippen molar-refractivity contribution in [1.29, 1.82) is 0 Å². The normalized spacial score (nSPS) is 17.6. The minimum Gasteiger partial charge on any atom is -0.352 e. The molecule has 1 heterocycles. The van der Waals surface area contributed by atoms with Gasteiger partial charge in [0.15, 0.2) is 0 Å². The number of rotatable bonds is 3. The summed E-state index contributed by atoms with van der Waals surface area (Å²) >= 11 is 0. The van der Waals surface area contributed by atoms with Crippen LogP contribution in [0.15, 0.2) is 54.8 Å². The van der Waals surface area contributed by atoms with Gasteiger partial charge in [0.2, 0.25) is 0 Å². The standard InChI is InChI=1S/C13H15NO.CHF3O3S/c1-14-10-6-5-9-13(14)15-11-12-7-3-2-4-8-12;2-1(3,4)8(5,6)7/h2-10,13H,11H2,1H3;(H,5,6,7). The molecule has 1 aliphatic heterocycles. The molecule has 0 amide bonds. The van der Waals surface area contributed by atoms with Crippen LogP contribution in [0.25, 0.3) is 0 Å². The van der Waals surface area contributed by atoms with Gasteiger partial charge in [-0.2, -0.15) is 21.6 Å². The van der Waals surface area contributed by atoms with Gasteiger partial charge in [0.25, 0.3) is 0 Å². The van der Waals surface area contributed by atoms with Crippen molar-refractivity contribution in [2.45, 2.75) is 18.3 Å². The molecule has 0 aromatic heterocycles. The lowest BCUT2D eigenvalue weighted by Gasteiger charge is -2.26. The number of halogens is 3. The molecule has 9 heteroatoms. The van der Waals surface area contributed by atoms with Crippen LogP contribution < -0.4 is 0 Å². The van der Waals surface area contributed by atoms with Crippen LogP contribution in [-0.4, -0.2) is 36.7 Å². The molecule has 1 aromatic rings. The third-order valence-corrected chi connectivity index (χ3v) is 3.25. The molecule has 128 valence electrons. The Morgan fingerprint density at radius 3 is 2.26 bits per heavy atom. The zero-order valence-corrected chi connectivity index (χ0v) is 13.0. The molecule has 1 aliphatic rings. The van der Waals surface area contributed by atoms with E-state index in [2.05, 4.69) is 12.1 Å². The highest BCUT2D eigenvalue weighted by Gasteiger charge is 2.44. The van der Waals surface area contributed by atoms with Crippen LogP contribution in [0.3, 0.4) is 0 Å². The molecular formula is C14H16F3NO4S. The monoisotopic (exact) mass is 351 g/mol. The van der Waals surface area contributed by atoms with E-state index in [1.54, 1.807) is 0 Å². The van der Waals surface area contributed by atoms with Crippen molar-refractivity contribution < 1.29 is 30.9 Å². The second-order valence-corrected chi connectivity index (χ2v) is 5.91. The zero-order chi connectivity index (χ0) is 17.5. The Hall–Kier alpha value is -1.84. The molecule has 0 aliphatic carbocycles. The molecule has 0 bridgehead atoms. The van der Waals surface area contributed by atoms with E-state index in [0.29, 0.717) is 6.61 Å². The fraction of sp³-hybridized carbons (Fsp3) is 0.286. The van der Waals surface area contributed by atoms with Crippen LogP contribution in [0.2, 0.25) is 0 Å². The van der Waals surface area contributed by atoms with Crippen molar-refractivity contribution in [3.05, 3.63) is 60.3 Å². The fourth-order valence-corrected chi connectivity index (χ4v) is 1.49. The molecule has 1 atom stereocenters. The molecule has 2 rings (SSSR count). The fourth-order valence-electron chi connectivity index (χ4n) is 1.49. The van der Waals surface area contributed by atoms with Gasteiger partial charge in [-0.15, -0.1) is 0 Å². The molecule has 0 radical (unpaired) electrons. The predicted molar refractivity (Wildman–Crippen MR) is 78.7 cm³/mol. The van der Waals surface area contributed by atoms with Gasteiger partial charge in [-0.25, -0.2) is 0 Å². The van der Waals surface area contributed by atoms with Gasteiger partial charge in [0.05, 0.1) is 6.61 Å². The van der Waals surface area contributed by atoms with Crippen LogP contribution in [0.4, 0.5) is 13.2 Å². The van der Waals surface area contributed by atoms with E-state index >= 15 is 0 Å². The molecule has 23 heavy (non-hydrogen) atoms. The summed E-state index contributed by atoms with van der Waals surface area (Å²) in [7, 11) is -3.83. The molecule has 0 fully saturated rings. The number of nitrogens with zero attached hydrogens (tertiary/aromatic N) is 1. The van der Waals surface area contributed by atoms with Crippen LogP contribution in [0.5, 0.6) is 0 Å². The van der Waals surface area contributed by atoms with Gasteiger partial charge in [0.1, 0.15) is 6.23 Å². The maximum Gasteiger partial charge on any atom is 0.522 e. The van der Waals surface area contributed by atoms with E-state index in [-0.39, 0.29) is 6.23 Å². The summed E-state index contributed by atoms with van der Waals surface area (Å²) in [4.78, 5) is 2.04. The molecule has 0 spiro atoms. The van der Waals surface area contributed by atoms with Crippen molar-refractivity contribution in [3.63, 3.8) is 0 Å². The highest BCUT2D eigenvalue weighted by atomic mass is 32.2. The first-order valence-corrected chi connectivity index (χ1v) is 7.81. The van der Waals surface area contributed by atoms with Crippen LogP contribution >= 0.6 is 0 Å². The largest absolute Gasteiger partial charge is 0.522 e. The van der Waals surface area contributed by atoms with Crippen LogP contribution in [0, 0.1) is 0 Å². The van der Waals surface area contributed by atoms with Crippen molar-refractivity contribution in [2.24, 2.45) is 0 Å². The van der Waals surface area contributed by atoms with E-state index in [1.165, 1.54) is 5.56 Å². The van der Waals surface area contributed by atoms with E-state index < -0.39 is 15.6 Å². The second-order valence-electron chi connectivity index (χ2n) is 4.50. The van der Waals surface area contributed by atoms with Gasteiger partial charge in [-0.3, -0.25) is 4.55 Å². The number of allylic oxidation sites excluding steroid dienone is 2. The summed E-state index contributed by atoms with van der Waals surface area (Å²) in [5, 5.41) is 0. The van der Waals surface area contributed by atoms with Gasteiger partial charge < -0.3 is 9.64 Å². The van der Waals surface area contributed by atoms with Gasteiger partial charge in [-0.1, -0.05) is 36.4 Å². The number of hydrogen-bond acceptors (Lipinski definition) is 4. The Balaban J connectivity index is 0.000000284. The summed E-state index contributed by atoms with van der Waals surface area (Å²) in [6.45, 7) is 0.647. The molecule has 0 saturated heterocycles. The van der Waals surface area contributed by atoms with E-state index in [1.807, 2.05) is 54.6 Å². The lowest BCUT2D eigenvalue weighted by molar-refractivity contribution is -0.0510. The summed E-state index contributed by atoms with van der Waals surface area (Å²) in [5.41, 5.74) is -4.33. The third kappa shape index (κ3) is 6.85. The van der Waals surface area contributed by atoms with Gasteiger partial charge in [-0.05, 0) is 17.7 Å². The van der Waals surface area contributed by atoms with Gasteiger partial charge in [0, 0.05) is 13.2 Å². The number of benzene rings is 1. The first-order valence-electron chi connectivity index (χ1n) is 6.37. The molecular weight excluding hydrogens is 335 g/mol. The molecule has 5 nitrogen and oxygen atoms in total. The molecule has 1 N–H and O–H groups in total. The topological polar surface area (TPSA) is 66.8 Å². The zero-order valence-electron chi connectivity index (χ0n) is 12.1. The SMILES string of the molecule is CN1C=CC=CC1OCc1ccccc1.O=S(=O)(O)C(F)(F)F. The second kappa shape index (κ2) is 8.14. The highest BCUT2D eigenvalue weighted by molar-refractivity contribution is 7.86. The number of likely N-dealkylation sites (N-methyl/N-ethyl adjacent to an activating group) is 1. The van der Waals surface area contributed by atoms with Gasteiger partial charge >= 0.3 is 15.6 Å². The maximum absolute atomic E-state index is 10.7. The smallest absolute Gasteiger partial charge is 0.352 e. The average molecular weight is 351 g/mol. The highest BCUT2D eigenvalue weighted by Crippen LogP contribution is 2.20. The van der Waals surface area contributed by atoms with E-state index in [9.17, 15) is 13.2 Å². The molecule has 1 unspecified atom stereocenters. The first kappa shape index (κ1) is 19.2. The summed E-state index contributed by atoms with van der Waals surface area (Å²) in [5.74, 6) is 0. The summed E-state index contributed by atoms with van der Waals surface area (Å²) in [6, 6.07) is 10.2. The third-order valence-electron chi connectivity index (χ3n) is 2.67. The molecule has 0 saturated carbocycles. The summed E-state index contributed by atoms with van der Waals surface area (Å²) < 4.78 is 63.3. The Labute approximate surface area is 132 Å². The minimum atomic E-state index is -5.84. The Morgan fingerprint density at radius 1 is 1.22 bits per heavy atom. The van der Waals surface area contributed by atoms with Crippen LogP contribution in [0.1, 0.15) is 5.56 Å². The quantitative estimate of drug-likeness (QED) is 0.670. The van der Waals surface area contributed by atoms with Crippen molar-refractivity contribution >= 4 is 10.1 Å². The number of hydrogen-bond donors (Lipinski definition) is 1. The van der Waals surface area contributed by atoms with Crippen molar-refractivity contribution in [2.75, 3.05) is 7.05 Å². The number of alkyl halides is 3. The average Bonchev–Trinajstić information content (AvgIpc) is 2.46. The lowest BCUT2D eigenvalue weighted by atomic mass is 10.2. The maximum atomic E-state index is 10.7. The lowest BCUT2D eigenvalue weighted by Crippen LogP contribution is -2.29. The Morgan fingerprint density at radius 2 is 1.78 bits per heavy atom. The first-order chi connectivity index (χ1) is 10.6. The molecule has 1 aromatic carbocycles. The van der Waals surface area contributed by atoms with E-state index in [4.69, 9.17) is 17.7 Å². The predicted octanol–water partition coefficient (Wildman–Crippen LogP) is 2.94. The van der Waals surface area contributed by atoms with E-state index in [0.717, 1.165) is 0 Å². The Kier molecular flexibility index (Phi) is 6.79. The summed E-state index contributed by atoms with van der Waals surface area (Å²) in [6.07, 6.45) is 8.12. The number of ether oxygens (including phenoxy) is 1.